The highest BCUT2D eigenvalue weighted by Crippen LogP contribution is 2.64. The summed E-state index contributed by atoms with van der Waals surface area (Å²) in [5, 5.41) is 11.7. The average Bonchev–Trinajstić information content (AvgIpc) is 3.48. The quantitative estimate of drug-likeness (QED) is 0.165. The van der Waals surface area contributed by atoms with Crippen LogP contribution in [0, 0.1) is 30.6 Å². The standard InChI is InChI=1S/C39H31BrClN3O5/c1-21-7-11-24(12-8-21)42-44-36(47)31-20-30-27(17-18-29-33(30)37(48)43(35(29)46)25-13-9-23(40)10-14-25)34(28-16-15-26(45)19-32(28)41)39(31,38(44)49)22-5-3-2-4-6-22/h2-17,19,29-31,33-34,42,45H,18,20H2,1H3. The molecule has 6 atom stereocenters. The van der Waals surface area contributed by atoms with Crippen LogP contribution in [-0.4, -0.2) is 33.7 Å². The molecule has 0 radical (unpaired) electrons. The number of aromatic hydroxyl groups is 1. The van der Waals surface area contributed by atoms with E-state index in [1.54, 1.807) is 30.3 Å². The molecule has 10 heteroatoms. The molecule has 4 aromatic carbocycles. The van der Waals surface area contributed by atoms with E-state index in [2.05, 4.69) is 21.4 Å². The Hall–Kier alpha value is -4.73. The fourth-order valence-corrected chi connectivity index (χ4v) is 9.23. The monoisotopic (exact) mass is 735 g/mol. The highest BCUT2D eigenvalue weighted by molar-refractivity contribution is 9.10. The van der Waals surface area contributed by atoms with Crippen LogP contribution in [0.3, 0.4) is 0 Å². The van der Waals surface area contributed by atoms with Gasteiger partial charge in [0, 0.05) is 15.4 Å². The van der Waals surface area contributed by atoms with Crippen molar-refractivity contribution in [3.63, 3.8) is 0 Å². The molecule has 6 unspecified atom stereocenters. The minimum Gasteiger partial charge on any atom is -0.508 e. The van der Waals surface area contributed by atoms with Crippen LogP contribution in [0.25, 0.3) is 0 Å². The van der Waals surface area contributed by atoms with Gasteiger partial charge in [-0.3, -0.25) is 29.5 Å². The van der Waals surface area contributed by atoms with E-state index in [9.17, 15) is 19.5 Å². The fraction of sp³-hybridized carbons (Fsp3) is 0.231. The molecule has 0 aromatic heterocycles. The van der Waals surface area contributed by atoms with Crippen molar-refractivity contribution in [3.8, 4) is 5.75 Å². The fourth-order valence-electron chi connectivity index (χ4n) is 8.69. The summed E-state index contributed by atoms with van der Waals surface area (Å²) in [6, 6.07) is 28.4. The number of hydrazine groups is 1. The van der Waals surface area contributed by atoms with Crippen molar-refractivity contribution in [2.45, 2.75) is 31.1 Å². The number of imide groups is 2. The Balaban J connectivity index is 1.32. The second kappa shape index (κ2) is 11.7. The maximum Gasteiger partial charge on any atom is 0.260 e. The van der Waals surface area contributed by atoms with E-state index in [-0.39, 0.29) is 29.0 Å². The number of aryl methyl sites for hydroxylation is 1. The smallest absolute Gasteiger partial charge is 0.260 e. The molecule has 1 saturated carbocycles. The minimum absolute atomic E-state index is 0.0395. The normalized spacial score (nSPS) is 27.5. The molecule has 2 aliphatic heterocycles. The SMILES string of the molecule is Cc1ccc(NN2C(=O)C3CC4C(=CCC5C(=O)N(c6ccc(Br)cc6)C(=O)C54)C(c4ccc(O)cc4Cl)C3(c3ccccc3)C2=O)cc1. The maximum atomic E-state index is 15.2. The Labute approximate surface area is 296 Å². The lowest BCUT2D eigenvalue weighted by molar-refractivity contribution is -0.138. The number of phenols is 1. The minimum atomic E-state index is -1.44. The van der Waals surface area contributed by atoms with Crippen LogP contribution in [-0.2, 0) is 24.6 Å². The van der Waals surface area contributed by atoms with Gasteiger partial charge in [0.25, 0.3) is 11.8 Å². The third-order valence-electron chi connectivity index (χ3n) is 10.8. The van der Waals surface area contributed by atoms with E-state index in [4.69, 9.17) is 11.6 Å². The molecule has 2 saturated heterocycles. The lowest BCUT2D eigenvalue weighted by Crippen LogP contribution is -2.53. The lowest BCUT2D eigenvalue weighted by atomic mass is 9.49. The van der Waals surface area contributed by atoms with E-state index in [1.165, 1.54) is 17.0 Å². The summed E-state index contributed by atoms with van der Waals surface area (Å²) >= 11 is 10.4. The summed E-state index contributed by atoms with van der Waals surface area (Å²) in [5.74, 6) is -5.04. The number of nitrogens with one attached hydrogen (secondary N) is 1. The number of hydrogen-bond donors (Lipinski definition) is 2. The Morgan fingerprint density at radius 3 is 2.27 bits per heavy atom. The third kappa shape index (κ3) is 4.70. The van der Waals surface area contributed by atoms with Gasteiger partial charge in [0.1, 0.15) is 5.75 Å². The average molecular weight is 737 g/mol. The summed E-state index contributed by atoms with van der Waals surface area (Å²) in [4.78, 5) is 59.5. The Bertz CT molecular complexity index is 2070. The molecule has 8 nitrogen and oxygen atoms in total. The number of benzene rings is 4. The van der Waals surface area contributed by atoms with Crippen molar-refractivity contribution < 1.29 is 24.3 Å². The molecule has 2 N–H and O–H groups in total. The number of nitrogens with zero attached hydrogens (tertiary/aromatic N) is 2. The molecule has 0 spiro atoms. The van der Waals surface area contributed by atoms with Crippen LogP contribution in [0.15, 0.2) is 113 Å². The van der Waals surface area contributed by atoms with Crippen molar-refractivity contribution in [1.29, 1.82) is 0 Å². The number of allylic oxidation sites excluding steroid dienone is 2. The van der Waals surface area contributed by atoms with Crippen molar-refractivity contribution in [3.05, 3.63) is 135 Å². The number of hydrogen-bond acceptors (Lipinski definition) is 6. The lowest BCUT2D eigenvalue weighted by Gasteiger charge is -2.50. The van der Waals surface area contributed by atoms with Crippen LogP contribution in [0.1, 0.15) is 35.4 Å². The van der Waals surface area contributed by atoms with E-state index >= 15 is 4.79 Å². The number of fused-ring (bicyclic) bond motifs is 4. The summed E-state index contributed by atoms with van der Waals surface area (Å²) < 4.78 is 0.822. The van der Waals surface area contributed by atoms with Crippen molar-refractivity contribution in [1.82, 2.24) is 5.01 Å². The first kappa shape index (κ1) is 31.5. The van der Waals surface area contributed by atoms with Gasteiger partial charge < -0.3 is 5.11 Å². The summed E-state index contributed by atoms with van der Waals surface area (Å²) in [7, 11) is 0. The molecular weight excluding hydrogens is 706 g/mol. The molecular formula is C39H31BrClN3O5. The number of amides is 4. The van der Waals surface area contributed by atoms with Crippen LogP contribution < -0.4 is 10.3 Å². The van der Waals surface area contributed by atoms with E-state index in [1.807, 2.05) is 67.6 Å². The molecule has 4 aromatic rings. The summed E-state index contributed by atoms with van der Waals surface area (Å²) in [6.07, 6.45) is 2.46. The number of carbonyl (C=O) groups excluding carboxylic acids is 4. The zero-order valence-corrected chi connectivity index (χ0v) is 28.7. The van der Waals surface area contributed by atoms with Crippen LogP contribution in [0.2, 0.25) is 5.02 Å². The van der Waals surface area contributed by atoms with Crippen LogP contribution >= 0.6 is 27.5 Å². The van der Waals surface area contributed by atoms with Gasteiger partial charge in [-0.25, -0.2) is 0 Å². The van der Waals surface area contributed by atoms with Crippen molar-refractivity contribution in [2.75, 3.05) is 10.3 Å². The molecule has 3 fully saturated rings. The Kier molecular flexibility index (Phi) is 7.53. The molecule has 49 heavy (non-hydrogen) atoms. The highest BCUT2D eigenvalue weighted by atomic mass is 79.9. The topological polar surface area (TPSA) is 107 Å². The first-order valence-electron chi connectivity index (χ1n) is 16.2. The molecule has 4 aliphatic rings. The number of halogens is 2. The van der Waals surface area contributed by atoms with Crippen molar-refractivity contribution >= 4 is 62.5 Å². The van der Waals surface area contributed by atoms with E-state index in [0.717, 1.165) is 20.6 Å². The zero-order chi connectivity index (χ0) is 34.2. The predicted molar refractivity (Wildman–Crippen MR) is 189 cm³/mol. The zero-order valence-electron chi connectivity index (χ0n) is 26.3. The number of phenolic OH excluding ortho intramolecular Hbond substituents is 1. The van der Waals surface area contributed by atoms with Crippen molar-refractivity contribution in [2.24, 2.45) is 23.7 Å². The van der Waals surface area contributed by atoms with E-state index < -0.39 is 46.8 Å². The van der Waals surface area contributed by atoms with Gasteiger partial charge in [0.05, 0.1) is 34.5 Å². The number of anilines is 2. The second-order valence-electron chi connectivity index (χ2n) is 13.3. The molecule has 8 rings (SSSR count). The second-order valence-corrected chi connectivity index (χ2v) is 14.6. The first-order valence-corrected chi connectivity index (χ1v) is 17.4. The van der Waals surface area contributed by atoms with Gasteiger partial charge in [0.2, 0.25) is 11.8 Å². The Morgan fingerprint density at radius 1 is 0.857 bits per heavy atom. The van der Waals surface area contributed by atoms with Crippen LogP contribution in [0.4, 0.5) is 11.4 Å². The molecule has 2 heterocycles. The predicted octanol–water partition coefficient (Wildman–Crippen LogP) is 7.31. The molecule has 4 amide bonds. The molecule has 0 bridgehead atoms. The van der Waals surface area contributed by atoms with Gasteiger partial charge in [0.15, 0.2) is 0 Å². The van der Waals surface area contributed by atoms with Gasteiger partial charge in [-0.1, -0.05) is 93.3 Å². The van der Waals surface area contributed by atoms with E-state index in [0.29, 0.717) is 28.9 Å². The van der Waals surface area contributed by atoms with Crippen LogP contribution in [0.5, 0.6) is 5.75 Å². The number of rotatable bonds is 5. The third-order valence-corrected chi connectivity index (χ3v) is 11.6. The van der Waals surface area contributed by atoms with Gasteiger partial charge >= 0.3 is 0 Å². The van der Waals surface area contributed by atoms with Gasteiger partial charge in [-0.2, -0.15) is 5.01 Å². The largest absolute Gasteiger partial charge is 0.508 e. The first-order chi connectivity index (χ1) is 23.6. The number of carbonyl (C=O) groups is 4. The summed E-state index contributed by atoms with van der Waals surface area (Å²) in [6.45, 7) is 1.95. The molecule has 246 valence electrons. The maximum absolute atomic E-state index is 15.2. The van der Waals surface area contributed by atoms with Gasteiger partial charge in [-0.05, 0) is 85.3 Å². The van der Waals surface area contributed by atoms with Gasteiger partial charge in [-0.15, -0.1) is 0 Å². The Morgan fingerprint density at radius 2 is 1.57 bits per heavy atom. The molecule has 2 aliphatic carbocycles. The summed E-state index contributed by atoms with van der Waals surface area (Å²) in [5.41, 5.74) is 5.75. The highest BCUT2D eigenvalue weighted by Gasteiger charge is 2.70.